The molecule has 1 aliphatic rings. The van der Waals surface area contributed by atoms with Crippen molar-refractivity contribution in [1.82, 2.24) is 34.8 Å². The SMILES string of the molecule is Clc1ccc2nc(CNc3nc(N4CCCNCC4)nc4c3ncn4-c3ccoc3)[nH]c2c1.O=C(O)C(F)(F)F. The number of carboxylic acids is 1. The second kappa shape index (κ2) is 11.4. The van der Waals surface area contributed by atoms with Crippen LogP contribution >= 0.6 is 11.6 Å². The summed E-state index contributed by atoms with van der Waals surface area (Å²) in [5.41, 5.74) is 4.03. The highest BCUT2D eigenvalue weighted by atomic mass is 35.5. The maximum absolute atomic E-state index is 10.6. The largest absolute Gasteiger partial charge is 0.490 e. The van der Waals surface area contributed by atoms with Crippen LogP contribution in [0.3, 0.4) is 0 Å². The first-order valence-corrected chi connectivity index (χ1v) is 12.5. The van der Waals surface area contributed by atoms with Gasteiger partial charge in [-0.1, -0.05) is 11.6 Å². The third-order valence-corrected chi connectivity index (χ3v) is 6.19. The Morgan fingerprint density at radius 2 is 2.00 bits per heavy atom. The Kier molecular flexibility index (Phi) is 7.75. The molecule has 4 N–H and O–H groups in total. The molecule has 0 spiro atoms. The first kappa shape index (κ1) is 27.2. The number of hydrogen-bond acceptors (Lipinski definition) is 9. The number of hydrogen-bond donors (Lipinski definition) is 4. The third-order valence-electron chi connectivity index (χ3n) is 5.95. The Morgan fingerprint density at radius 3 is 2.75 bits per heavy atom. The van der Waals surface area contributed by atoms with Crippen LogP contribution in [0.15, 0.2) is 47.5 Å². The summed E-state index contributed by atoms with van der Waals surface area (Å²) in [7, 11) is 0. The summed E-state index contributed by atoms with van der Waals surface area (Å²) in [4.78, 5) is 33.4. The average Bonchev–Trinajstić information content (AvgIpc) is 3.62. The molecule has 5 aromatic rings. The van der Waals surface area contributed by atoms with E-state index in [0.29, 0.717) is 28.9 Å². The maximum atomic E-state index is 10.6. The summed E-state index contributed by atoms with van der Waals surface area (Å²) < 4.78 is 38.9. The van der Waals surface area contributed by atoms with Crippen molar-refractivity contribution in [2.75, 3.05) is 36.4 Å². The van der Waals surface area contributed by atoms with Crippen LogP contribution in [0.4, 0.5) is 24.9 Å². The van der Waals surface area contributed by atoms with Crippen LogP contribution in [-0.2, 0) is 11.3 Å². The summed E-state index contributed by atoms with van der Waals surface area (Å²) in [6, 6.07) is 7.49. The van der Waals surface area contributed by atoms with Crippen molar-refractivity contribution in [3.63, 3.8) is 0 Å². The minimum atomic E-state index is -5.08. The molecule has 16 heteroatoms. The van der Waals surface area contributed by atoms with Crippen molar-refractivity contribution in [3.05, 3.63) is 54.0 Å². The minimum absolute atomic E-state index is 0.456. The highest BCUT2D eigenvalue weighted by molar-refractivity contribution is 6.31. The number of benzene rings is 1. The van der Waals surface area contributed by atoms with E-state index < -0.39 is 12.1 Å². The standard InChI is InChI=1S/C22H22ClN9O.C2HF3O2/c23-14-2-3-16-17(10-14)28-18(27-16)11-25-20-19-21(32(13-26-19)15-4-9-33-12-15)30-22(29-20)31-7-1-5-24-6-8-31;3-2(4,5)1(6)7/h2-4,9-10,12-13,24H,1,5-8,11H2,(H,27,28)(H,25,29,30);(H,6,7). The van der Waals surface area contributed by atoms with Crippen LogP contribution in [0.1, 0.15) is 12.2 Å². The van der Waals surface area contributed by atoms with E-state index in [1.807, 2.05) is 28.8 Å². The fourth-order valence-corrected chi connectivity index (χ4v) is 4.24. The van der Waals surface area contributed by atoms with E-state index in [1.165, 1.54) is 0 Å². The lowest BCUT2D eigenvalue weighted by atomic mass is 10.3. The van der Waals surface area contributed by atoms with E-state index in [4.69, 9.17) is 35.9 Å². The molecule has 0 saturated carbocycles. The maximum Gasteiger partial charge on any atom is 0.490 e. The summed E-state index contributed by atoms with van der Waals surface area (Å²) in [5, 5.41) is 14.6. The van der Waals surface area contributed by atoms with E-state index in [-0.39, 0.29) is 0 Å². The van der Waals surface area contributed by atoms with Gasteiger partial charge in [0.15, 0.2) is 17.0 Å². The number of aromatic nitrogens is 6. The van der Waals surface area contributed by atoms with Crippen LogP contribution in [0.5, 0.6) is 0 Å². The molecule has 0 aliphatic carbocycles. The van der Waals surface area contributed by atoms with Crippen LogP contribution in [0.2, 0.25) is 5.02 Å². The van der Waals surface area contributed by atoms with Gasteiger partial charge in [-0.05, 0) is 31.2 Å². The van der Waals surface area contributed by atoms with Crippen molar-refractivity contribution in [2.45, 2.75) is 19.1 Å². The quantitative estimate of drug-likeness (QED) is 0.241. The van der Waals surface area contributed by atoms with Crippen LogP contribution < -0.4 is 15.5 Å². The Bertz CT molecular complexity index is 1610. The molecule has 1 aliphatic heterocycles. The van der Waals surface area contributed by atoms with Gasteiger partial charge in [0, 0.05) is 30.7 Å². The van der Waals surface area contributed by atoms with Crippen molar-refractivity contribution in [1.29, 1.82) is 0 Å². The summed E-state index contributed by atoms with van der Waals surface area (Å²) >= 11 is 6.11. The van der Waals surface area contributed by atoms with E-state index in [2.05, 4.69) is 30.5 Å². The van der Waals surface area contributed by atoms with Crippen molar-refractivity contribution in [2.24, 2.45) is 0 Å². The zero-order chi connectivity index (χ0) is 28.3. The molecule has 210 valence electrons. The number of aliphatic carboxylic acids is 1. The van der Waals surface area contributed by atoms with Crippen LogP contribution in [0.25, 0.3) is 27.9 Å². The summed E-state index contributed by atoms with van der Waals surface area (Å²) in [6.07, 6.45) is 1.00. The van der Waals surface area contributed by atoms with Crippen LogP contribution in [0, 0.1) is 0 Å². The third kappa shape index (κ3) is 6.10. The summed E-state index contributed by atoms with van der Waals surface area (Å²) in [6.45, 7) is 4.08. The number of furan rings is 1. The Balaban J connectivity index is 0.000000411. The molecule has 40 heavy (non-hydrogen) atoms. The lowest BCUT2D eigenvalue weighted by molar-refractivity contribution is -0.192. The number of fused-ring (bicyclic) bond motifs is 2. The Labute approximate surface area is 229 Å². The number of carboxylic acid groups (broad SMARTS) is 1. The molecule has 0 bridgehead atoms. The van der Waals surface area contributed by atoms with E-state index >= 15 is 0 Å². The summed E-state index contributed by atoms with van der Waals surface area (Å²) in [5.74, 6) is -0.635. The lowest BCUT2D eigenvalue weighted by Crippen LogP contribution is -2.29. The molecule has 1 saturated heterocycles. The second-order valence-corrected chi connectivity index (χ2v) is 9.17. The first-order chi connectivity index (χ1) is 19.2. The first-order valence-electron chi connectivity index (χ1n) is 12.1. The van der Waals surface area contributed by atoms with Gasteiger partial charge in [-0.15, -0.1) is 0 Å². The van der Waals surface area contributed by atoms with Crippen LogP contribution in [-0.4, -0.2) is 72.9 Å². The highest BCUT2D eigenvalue weighted by Crippen LogP contribution is 2.26. The van der Waals surface area contributed by atoms with E-state index in [9.17, 15) is 13.2 Å². The van der Waals surface area contributed by atoms with Gasteiger partial charge in [0.2, 0.25) is 5.95 Å². The van der Waals surface area contributed by atoms with Crippen molar-refractivity contribution in [3.8, 4) is 5.69 Å². The number of imidazole rings is 2. The molecule has 0 radical (unpaired) electrons. The number of halogens is 4. The molecule has 0 unspecified atom stereocenters. The molecule has 1 aromatic carbocycles. The van der Waals surface area contributed by atoms with Gasteiger partial charge >= 0.3 is 12.1 Å². The lowest BCUT2D eigenvalue weighted by Gasteiger charge is -2.20. The monoisotopic (exact) mass is 577 g/mol. The van der Waals surface area contributed by atoms with Gasteiger partial charge in [0.05, 0.1) is 29.5 Å². The van der Waals surface area contributed by atoms with Gasteiger partial charge in [-0.2, -0.15) is 23.1 Å². The number of carbonyl (C=O) groups is 1. The van der Waals surface area contributed by atoms with E-state index in [0.717, 1.165) is 60.8 Å². The Morgan fingerprint density at radius 1 is 1.18 bits per heavy atom. The predicted octanol–water partition coefficient (Wildman–Crippen LogP) is 3.98. The fraction of sp³-hybridized carbons (Fsp3) is 0.292. The number of alkyl halides is 3. The molecule has 12 nitrogen and oxygen atoms in total. The van der Waals surface area contributed by atoms with Gasteiger partial charge < -0.3 is 30.0 Å². The van der Waals surface area contributed by atoms with E-state index in [1.54, 1.807) is 18.9 Å². The number of nitrogens with one attached hydrogen (secondary N) is 3. The smallest absolute Gasteiger partial charge is 0.475 e. The molecule has 1 fully saturated rings. The molecule has 0 amide bonds. The predicted molar refractivity (Wildman–Crippen MR) is 141 cm³/mol. The molecule has 4 aromatic heterocycles. The molecular weight excluding hydrogens is 555 g/mol. The topological polar surface area (TPSA) is 150 Å². The number of anilines is 2. The number of aromatic amines is 1. The molecule has 5 heterocycles. The minimum Gasteiger partial charge on any atom is -0.475 e. The fourth-order valence-electron chi connectivity index (χ4n) is 4.07. The Hall–Kier alpha value is -4.37. The number of rotatable bonds is 5. The van der Waals surface area contributed by atoms with Crippen molar-refractivity contribution >= 4 is 51.5 Å². The number of nitrogens with zero attached hydrogens (tertiary/aromatic N) is 6. The average molecular weight is 578 g/mol. The van der Waals surface area contributed by atoms with Gasteiger partial charge in [0.25, 0.3) is 0 Å². The van der Waals surface area contributed by atoms with Gasteiger partial charge in [0.1, 0.15) is 18.4 Å². The molecular formula is C24H23ClF3N9O3. The van der Waals surface area contributed by atoms with Gasteiger partial charge in [-0.3, -0.25) is 4.57 Å². The zero-order valence-electron chi connectivity index (χ0n) is 20.7. The normalized spacial score (nSPS) is 14.2. The highest BCUT2D eigenvalue weighted by Gasteiger charge is 2.38. The molecule has 6 rings (SSSR count). The number of H-pyrrole nitrogens is 1. The molecule has 0 atom stereocenters. The second-order valence-electron chi connectivity index (χ2n) is 8.73. The zero-order valence-corrected chi connectivity index (χ0v) is 21.5. The van der Waals surface area contributed by atoms with Crippen molar-refractivity contribution < 1.29 is 27.5 Å². The van der Waals surface area contributed by atoms with Gasteiger partial charge in [-0.25, -0.2) is 14.8 Å².